The van der Waals surface area contributed by atoms with Gasteiger partial charge < -0.3 is 4.90 Å². The van der Waals surface area contributed by atoms with Gasteiger partial charge in [0, 0.05) is 22.5 Å². The van der Waals surface area contributed by atoms with Gasteiger partial charge in [0.25, 0.3) is 0 Å². The van der Waals surface area contributed by atoms with Crippen LogP contribution in [0.2, 0.25) is 0 Å². The highest BCUT2D eigenvalue weighted by atomic mass is 15.1. The second-order valence-corrected chi connectivity index (χ2v) is 15.6. The van der Waals surface area contributed by atoms with Gasteiger partial charge in [0.05, 0.1) is 0 Å². The van der Waals surface area contributed by atoms with Gasteiger partial charge >= 0.3 is 0 Å². The molecular formula is C49H49N. The summed E-state index contributed by atoms with van der Waals surface area (Å²) in [6.07, 6.45) is 14.8. The summed E-state index contributed by atoms with van der Waals surface area (Å²) in [6, 6.07) is 55.3. The van der Waals surface area contributed by atoms with Crippen LogP contribution in [0.25, 0.3) is 21.9 Å². The molecule has 3 saturated carbocycles. The molecule has 2 bridgehead atoms. The van der Waals surface area contributed by atoms with Gasteiger partial charge in [-0.2, -0.15) is 0 Å². The summed E-state index contributed by atoms with van der Waals surface area (Å²) >= 11 is 0. The van der Waals surface area contributed by atoms with E-state index in [-0.39, 0.29) is 5.41 Å². The van der Waals surface area contributed by atoms with Crippen LogP contribution in [0, 0.1) is 11.8 Å². The van der Waals surface area contributed by atoms with Crippen LogP contribution < -0.4 is 4.90 Å². The lowest BCUT2D eigenvalue weighted by Crippen LogP contribution is -2.29. The first kappa shape index (κ1) is 31.4. The molecule has 50 heavy (non-hydrogen) atoms. The molecule has 6 aromatic carbocycles. The van der Waals surface area contributed by atoms with E-state index >= 15 is 0 Å². The minimum absolute atomic E-state index is 0.0782. The van der Waals surface area contributed by atoms with E-state index in [9.17, 15) is 0 Å². The maximum atomic E-state index is 2.46. The Morgan fingerprint density at radius 3 is 1.70 bits per heavy atom. The zero-order valence-electron chi connectivity index (χ0n) is 29.3. The van der Waals surface area contributed by atoms with Crippen molar-refractivity contribution in [2.24, 2.45) is 11.8 Å². The zero-order valence-corrected chi connectivity index (χ0v) is 29.3. The third-order valence-electron chi connectivity index (χ3n) is 12.7. The summed E-state index contributed by atoms with van der Waals surface area (Å²) in [5, 5.41) is 2.56. The topological polar surface area (TPSA) is 3.24 Å². The van der Waals surface area contributed by atoms with Crippen LogP contribution >= 0.6 is 0 Å². The Kier molecular flexibility index (Phi) is 8.53. The molecule has 3 atom stereocenters. The van der Waals surface area contributed by atoms with E-state index < -0.39 is 0 Å². The first-order valence-corrected chi connectivity index (χ1v) is 19.4. The van der Waals surface area contributed by atoms with E-state index in [2.05, 4.69) is 150 Å². The Balaban J connectivity index is 1.08. The fraction of sp³-hybridized carbons (Fsp3) is 0.306. The molecule has 0 aromatic heterocycles. The average molecular weight is 652 g/mol. The predicted octanol–water partition coefficient (Wildman–Crippen LogP) is 13.9. The summed E-state index contributed by atoms with van der Waals surface area (Å²) in [6.45, 7) is 0. The third kappa shape index (κ3) is 5.96. The minimum atomic E-state index is 0.0782. The molecule has 1 heteroatoms. The Morgan fingerprint density at radius 2 is 1.04 bits per heavy atom. The molecule has 0 heterocycles. The Morgan fingerprint density at radius 1 is 0.460 bits per heavy atom. The molecule has 1 nitrogen and oxygen atoms in total. The number of rotatable bonds is 7. The molecule has 0 spiro atoms. The fourth-order valence-corrected chi connectivity index (χ4v) is 10.1. The number of hydrogen-bond acceptors (Lipinski definition) is 1. The van der Waals surface area contributed by atoms with Crippen molar-refractivity contribution in [2.45, 2.75) is 82.0 Å². The molecule has 3 unspecified atom stereocenters. The summed E-state index contributed by atoms with van der Waals surface area (Å²) in [7, 11) is 0. The molecular weight excluding hydrogens is 603 g/mol. The van der Waals surface area contributed by atoms with Gasteiger partial charge in [-0.05, 0) is 131 Å². The highest BCUT2D eigenvalue weighted by Crippen LogP contribution is 2.53. The first-order chi connectivity index (χ1) is 24.7. The van der Waals surface area contributed by atoms with Gasteiger partial charge in [0.1, 0.15) is 0 Å². The Bertz CT molecular complexity index is 2030. The molecule has 0 aliphatic heterocycles. The smallest absolute Gasteiger partial charge is 0.0462 e. The van der Waals surface area contributed by atoms with Crippen molar-refractivity contribution in [2.75, 3.05) is 4.90 Å². The number of hydrogen-bond donors (Lipinski definition) is 0. The predicted molar refractivity (Wildman–Crippen MR) is 212 cm³/mol. The van der Waals surface area contributed by atoms with E-state index in [1.165, 1.54) is 126 Å². The van der Waals surface area contributed by atoms with Crippen molar-refractivity contribution >= 4 is 27.8 Å². The SMILES string of the molecule is c1ccc(C2(c3ccc(N(c4ccc(-c5ccc6ccccc6c5)cc4)c4ccc(C5CC6CCC5C6)cc4)cc3)CCCCCCC2)cc1. The monoisotopic (exact) mass is 651 g/mol. The van der Waals surface area contributed by atoms with E-state index in [1.54, 1.807) is 0 Å². The lowest BCUT2D eigenvalue weighted by atomic mass is 9.67. The molecule has 9 rings (SSSR count). The standard InChI is InChI=1S/C49H49N/c1-2-9-31-49(32-10-3-1,43-13-5-4-6-14-43)44-23-29-47(30-24-44)50(46-27-21-39(22-28-46)48-34-36-15-16-42(48)33-36)45-25-19-38(20-26-45)41-18-17-37-11-7-8-12-40(37)35-41/h4-8,11-14,17-30,35-36,42,48H,1-3,9-10,15-16,31-34H2. The Hall–Kier alpha value is -4.62. The van der Waals surface area contributed by atoms with Crippen molar-refractivity contribution in [3.63, 3.8) is 0 Å². The van der Waals surface area contributed by atoms with Crippen molar-refractivity contribution in [3.05, 3.63) is 162 Å². The summed E-state index contributed by atoms with van der Waals surface area (Å²) < 4.78 is 0. The lowest BCUT2D eigenvalue weighted by molar-refractivity contribution is 0.366. The number of nitrogens with zero attached hydrogens (tertiary/aromatic N) is 1. The van der Waals surface area contributed by atoms with Gasteiger partial charge in [-0.1, -0.05) is 142 Å². The number of benzene rings is 6. The fourth-order valence-electron chi connectivity index (χ4n) is 10.1. The van der Waals surface area contributed by atoms with Crippen LogP contribution in [-0.4, -0.2) is 0 Å². The van der Waals surface area contributed by atoms with Crippen LogP contribution in [0.4, 0.5) is 17.1 Å². The summed E-state index contributed by atoms with van der Waals surface area (Å²) in [4.78, 5) is 2.46. The van der Waals surface area contributed by atoms with Crippen LogP contribution in [-0.2, 0) is 5.41 Å². The summed E-state index contributed by atoms with van der Waals surface area (Å²) in [5.41, 5.74) is 10.7. The van der Waals surface area contributed by atoms with Crippen molar-refractivity contribution < 1.29 is 0 Å². The number of fused-ring (bicyclic) bond motifs is 3. The first-order valence-electron chi connectivity index (χ1n) is 19.4. The van der Waals surface area contributed by atoms with Gasteiger partial charge in [-0.3, -0.25) is 0 Å². The van der Waals surface area contributed by atoms with Crippen molar-refractivity contribution in [3.8, 4) is 11.1 Å². The van der Waals surface area contributed by atoms with E-state index in [4.69, 9.17) is 0 Å². The van der Waals surface area contributed by atoms with Gasteiger partial charge in [0.2, 0.25) is 0 Å². The van der Waals surface area contributed by atoms with Crippen LogP contribution in [0.1, 0.15) is 93.2 Å². The van der Waals surface area contributed by atoms with Gasteiger partial charge in [-0.15, -0.1) is 0 Å². The van der Waals surface area contributed by atoms with Crippen molar-refractivity contribution in [1.82, 2.24) is 0 Å². The maximum Gasteiger partial charge on any atom is 0.0462 e. The molecule has 3 aliphatic carbocycles. The van der Waals surface area contributed by atoms with E-state index in [0.717, 1.165) is 17.8 Å². The van der Waals surface area contributed by atoms with E-state index in [1.807, 2.05) is 0 Å². The average Bonchev–Trinajstić information content (AvgIpc) is 3.81. The largest absolute Gasteiger partial charge is 0.311 e. The van der Waals surface area contributed by atoms with Gasteiger partial charge in [-0.25, -0.2) is 0 Å². The second kappa shape index (κ2) is 13.6. The van der Waals surface area contributed by atoms with Crippen LogP contribution in [0.3, 0.4) is 0 Å². The Labute approximate surface area is 299 Å². The second-order valence-electron chi connectivity index (χ2n) is 15.6. The van der Waals surface area contributed by atoms with Gasteiger partial charge in [0.15, 0.2) is 0 Å². The quantitative estimate of drug-likeness (QED) is 0.166. The van der Waals surface area contributed by atoms with E-state index in [0.29, 0.717) is 0 Å². The normalized spacial score (nSPS) is 21.5. The molecule has 3 fully saturated rings. The summed E-state index contributed by atoms with van der Waals surface area (Å²) in [5.74, 6) is 2.59. The highest BCUT2D eigenvalue weighted by Gasteiger charge is 2.40. The maximum absolute atomic E-state index is 2.46. The highest BCUT2D eigenvalue weighted by molar-refractivity contribution is 5.88. The lowest BCUT2D eigenvalue weighted by Gasteiger charge is -2.37. The minimum Gasteiger partial charge on any atom is -0.311 e. The molecule has 0 saturated heterocycles. The molecule has 0 N–H and O–H groups in total. The third-order valence-corrected chi connectivity index (χ3v) is 12.7. The molecule has 0 radical (unpaired) electrons. The zero-order chi connectivity index (χ0) is 33.3. The molecule has 3 aliphatic rings. The van der Waals surface area contributed by atoms with Crippen LogP contribution in [0.5, 0.6) is 0 Å². The molecule has 6 aromatic rings. The molecule has 0 amide bonds. The van der Waals surface area contributed by atoms with Crippen LogP contribution in [0.15, 0.2) is 146 Å². The van der Waals surface area contributed by atoms with Crippen molar-refractivity contribution in [1.29, 1.82) is 0 Å². The molecule has 250 valence electrons. The number of anilines is 3.